The first-order valence-electron chi connectivity index (χ1n) is 6.72. The number of aliphatic hydroxyl groups excluding tert-OH is 1. The highest BCUT2D eigenvalue weighted by molar-refractivity contribution is 5.57. The summed E-state index contributed by atoms with van der Waals surface area (Å²) in [5, 5.41) is 16.2. The number of anilines is 2. The van der Waals surface area contributed by atoms with Gasteiger partial charge in [0.25, 0.3) is 0 Å². The number of hydrogen-bond acceptors (Lipinski definition) is 5. The Morgan fingerprint density at radius 2 is 1.83 bits per heavy atom. The minimum Gasteiger partial charge on any atom is -0.391 e. The molecule has 0 aliphatic rings. The van der Waals surface area contributed by atoms with Crippen LogP contribution in [0.4, 0.5) is 11.6 Å². The van der Waals surface area contributed by atoms with Crippen molar-refractivity contribution in [2.45, 2.75) is 46.1 Å². The predicted molar refractivity (Wildman–Crippen MR) is 75.0 cm³/mol. The summed E-state index contributed by atoms with van der Waals surface area (Å²) in [5.74, 6) is 1.70. The highest BCUT2D eigenvalue weighted by atomic mass is 16.3. The largest absolute Gasteiger partial charge is 0.391 e. The maximum Gasteiger partial charge on any atom is 0.134 e. The Morgan fingerprint density at radius 1 is 1.17 bits per heavy atom. The maximum absolute atomic E-state index is 9.73. The summed E-state index contributed by atoms with van der Waals surface area (Å²) in [7, 11) is 0. The summed E-state index contributed by atoms with van der Waals surface area (Å²) in [6.45, 7) is 7.55. The molecule has 0 saturated carbocycles. The lowest BCUT2D eigenvalue weighted by Gasteiger charge is -2.15. The van der Waals surface area contributed by atoms with Gasteiger partial charge in [-0.1, -0.05) is 20.3 Å². The van der Waals surface area contributed by atoms with Gasteiger partial charge in [0.2, 0.25) is 0 Å². The third-order valence-electron chi connectivity index (χ3n) is 2.77. The first kappa shape index (κ1) is 14.7. The van der Waals surface area contributed by atoms with E-state index in [0.717, 1.165) is 43.0 Å². The Bertz CT molecular complexity index is 357. The van der Waals surface area contributed by atoms with E-state index >= 15 is 0 Å². The van der Waals surface area contributed by atoms with Crippen LogP contribution in [0.3, 0.4) is 0 Å². The lowest BCUT2D eigenvalue weighted by molar-refractivity contribution is 0.176. The van der Waals surface area contributed by atoms with Crippen molar-refractivity contribution in [3.8, 4) is 0 Å². The molecule has 1 aromatic heterocycles. The Morgan fingerprint density at radius 3 is 2.39 bits per heavy atom. The number of hydrogen-bond donors (Lipinski definition) is 3. The Balaban J connectivity index is 2.72. The molecule has 1 atom stereocenters. The third kappa shape index (κ3) is 4.14. The van der Waals surface area contributed by atoms with Gasteiger partial charge in [0.15, 0.2) is 0 Å². The van der Waals surface area contributed by atoms with Crippen LogP contribution < -0.4 is 10.6 Å². The van der Waals surface area contributed by atoms with E-state index in [2.05, 4.69) is 34.4 Å². The number of nitrogens with one attached hydrogen (secondary N) is 2. The molecule has 1 rings (SSSR count). The summed E-state index contributed by atoms with van der Waals surface area (Å²) >= 11 is 0. The molecular weight excluding hydrogens is 228 g/mol. The van der Waals surface area contributed by atoms with E-state index in [1.54, 1.807) is 6.33 Å². The second kappa shape index (κ2) is 7.87. The standard InChI is InChI=1S/C13H24N4O/c1-4-7-10(18)8-15-13-11(5-2)12(14-6-3)16-9-17-13/h9-10,18H,4-8H2,1-3H3,(H2,14,15,16,17). The van der Waals surface area contributed by atoms with Gasteiger partial charge in [-0.15, -0.1) is 0 Å². The number of nitrogens with zero attached hydrogens (tertiary/aromatic N) is 2. The van der Waals surface area contributed by atoms with Crippen LogP contribution in [0.15, 0.2) is 6.33 Å². The van der Waals surface area contributed by atoms with E-state index in [-0.39, 0.29) is 6.10 Å². The zero-order valence-corrected chi connectivity index (χ0v) is 11.5. The molecule has 0 aromatic carbocycles. The highest BCUT2D eigenvalue weighted by Gasteiger charge is 2.10. The first-order valence-corrected chi connectivity index (χ1v) is 6.72. The molecule has 1 unspecified atom stereocenters. The topological polar surface area (TPSA) is 70.1 Å². The predicted octanol–water partition coefficient (Wildman–Crippen LogP) is 2.04. The molecule has 0 bridgehead atoms. The average Bonchev–Trinajstić information content (AvgIpc) is 2.37. The van der Waals surface area contributed by atoms with Crippen molar-refractivity contribution >= 4 is 11.6 Å². The molecular formula is C13H24N4O. The van der Waals surface area contributed by atoms with Gasteiger partial charge in [0.1, 0.15) is 18.0 Å². The van der Waals surface area contributed by atoms with Crippen molar-refractivity contribution in [2.75, 3.05) is 23.7 Å². The van der Waals surface area contributed by atoms with Gasteiger partial charge in [0, 0.05) is 18.7 Å². The number of aliphatic hydroxyl groups is 1. The fourth-order valence-electron chi connectivity index (χ4n) is 1.87. The third-order valence-corrected chi connectivity index (χ3v) is 2.77. The molecule has 3 N–H and O–H groups in total. The molecule has 1 aromatic rings. The Hall–Kier alpha value is -1.36. The summed E-state index contributed by atoms with van der Waals surface area (Å²) in [5.41, 5.74) is 1.07. The Kier molecular flexibility index (Phi) is 6.43. The molecule has 0 amide bonds. The smallest absolute Gasteiger partial charge is 0.134 e. The van der Waals surface area contributed by atoms with Crippen molar-refractivity contribution in [3.05, 3.63) is 11.9 Å². The highest BCUT2D eigenvalue weighted by Crippen LogP contribution is 2.20. The normalized spacial score (nSPS) is 12.2. The van der Waals surface area contributed by atoms with Crippen molar-refractivity contribution in [1.29, 1.82) is 0 Å². The molecule has 0 fully saturated rings. The van der Waals surface area contributed by atoms with Gasteiger partial charge < -0.3 is 15.7 Å². The zero-order chi connectivity index (χ0) is 13.4. The van der Waals surface area contributed by atoms with Gasteiger partial charge in [-0.2, -0.15) is 0 Å². The monoisotopic (exact) mass is 252 g/mol. The van der Waals surface area contributed by atoms with E-state index < -0.39 is 0 Å². The van der Waals surface area contributed by atoms with Crippen molar-refractivity contribution in [1.82, 2.24) is 9.97 Å². The van der Waals surface area contributed by atoms with E-state index in [1.165, 1.54) is 0 Å². The lowest BCUT2D eigenvalue weighted by Crippen LogP contribution is -2.20. The van der Waals surface area contributed by atoms with E-state index in [0.29, 0.717) is 6.54 Å². The molecule has 102 valence electrons. The fraction of sp³-hybridized carbons (Fsp3) is 0.692. The van der Waals surface area contributed by atoms with Crippen molar-refractivity contribution in [2.24, 2.45) is 0 Å². The summed E-state index contributed by atoms with van der Waals surface area (Å²) in [6.07, 6.45) is 3.87. The minimum absolute atomic E-state index is 0.322. The summed E-state index contributed by atoms with van der Waals surface area (Å²) < 4.78 is 0. The zero-order valence-electron chi connectivity index (χ0n) is 11.5. The number of aromatic nitrogens is 2. The molecule has 18 heavy (non-hydrogen) atoms. The number of rotatable bonds is 8. The quantitative estimate of drug-likeness (QED) is 0.660. The van der Waals surface area contributed by atoms with Crippen LogP contribution in [-0.2, 0) is 6.42 Å². The summed E-state index contributed by atoms with van der Waals surface area (Å²) in [4.78, 5) is 8.49. The van der Waals surface area contributed by atoms with E-state index in [4.69, 9.17) is 0 Å². The van der Waals surface area contributed by atoms with Crippen LogP contribution in [0.25, 0.3) is 0 Å². The van der Waals surface area contributed by atoms with Crippen molar-refractivity contribution in [3.63, 3.8) is 0 Å². The molecule has 0 aliphatic carbocycles. The van der Waals surface area contributed by atoms with E-state index in [1.807, 2.05) is 6.92 Å². The molecule has 0 aliphatic heterocycles. The van der Waals surface area contributed by atoms with Crippen LogP contribution in [0.1, 0.15) is 39.2 Å². The SMILES string of the molecule is CCCC(O)CNc1ncnc(NCC)c1CC. The average molecular weight is 252 g/mol. The molecule has 1 heterocycles. The van der Waals surface area contributed by atoms with Crippen molar-refractivity contribution < 1.29 is 5.11 Å². The van der Waals surface area contributed by atoms with Gasteiger partial charge in [-0.3, -0.25) is 0 Å². The van der Waals surface area contributed by atoms with Crippen LogP contribution in [0.2, 0.25) is 0 Å². The second-order valence-electron chi connectivity index (χ2n) is 4.26. The molecule has 5 heteroatoms. The van der Waals surface area contributed by atoms with Gasteiger partial charge in [-0.25, -0.2) is 9.97 Å². The minimum atomic E-state index is -0.322. The van der Waals surface area contributed by atoms with Crippen LogP contribution >= 0.6 is 0 Å². The summed E-state index contributed by atoms with van der Waals surface area (Å²) in [6, 6.07) is 0. The lowest BCUT2D eigenvalue weighted by atomic mass is 10.2. The second-order valence-corrected chi connectivity index (χ2v) is 4.26. The Labute approximate surface area is 109 Å². The first-order chi connectivity index (χ1) is 8.72. The van der Waals surface area contributed by atoms with Gasteiger partial charge in [-0.05, 0) is 19.8 Å². The van der Waals surface area contributed by atoms with Crippen LogP contribution in [0.5, 0.6) is 0 Å². The van der Waals surface area contributed by atoms with Crippen LogP contribution in [0, 0.1) is 0 Å². The van der Waals surface area contributed by atoms with E-state index in [9.17, 15) is 5.11 Å². The van der Waals surface area contributed by atoms with Gasteiger partial charge in [0.05, 0.1) is 6.10 Å². The van der Waals surface area contributed by atoms with Gasteiger partial charge >= 0.3 is 0 Å². The van der Waals surface area contributed by atoms with Crippen LogP contribution in [-0.4, -0.2) is 34.3 Å². The molecule has 0 radical (unpaired) electrons. The maximum atomic E-state index is 9.73. The molecule has 5 nitrogen and oxygen atoms in total. The fourth-order valence-corrected chi connectivity index (χ4v) is 1.87. The molecule has 0 saturated heterocycles. The molecule has 0 spiro atoms.